The molecule has 0 fully saturated rings. The van der Waals surface area contributed by atoms with E-state index in [1.54, 1.807) is 65.8 Å². The Morgan fingerprint density at radius 3 is 2.64 bits per heavy atom. The minimum absolute atomic E-state index is 0.180. The molecule has 138 valence electrons. The Bertz CT molecular complexity index is 1080. The van der Waals surface area contributed by atoms with E-state index in [0.717, 1.165) is 5.56 Å². The van der Waals surface area contributed by atoms with Crippen molar-refractivity contribution in [2.45, 2.75) is 6.54 Å². The number of carbonyl (C=O) groups is 2. The average Bonchev–Trinajstić information content (AvgIpc) is 2.72. The summed E-state index contributed by atoms with van der Waals surface area (Å²) in [5.41, 5.74) is 2.33. The second-order valence-electron chi connectivity index (χ2n) is 6.26. The van der Waals surface area contributed by atoms with Crippen LogP contribution >= 0.6 is 0 Å². The fourth-order valence-corrected chi connectivity index (χ4v) is 3.02. The van der Waals surface area contributed by atoms with Gasteiger partial charge in [-0.15, -0.1) is 0 Å². The summed E-state index contributed by atoms with van der Waals surface area (Å²) in [4.78, 5) is 29.9. The van der Waals surface area contributed by atoms with E-state index in [1.807, 2.05) is 12.1 Å². The summed E-state index contributed by atoms with van der Waals surface area (Å²) < 4.78 is 5.83. The van der Waals surface area contributed by atoms with Gasteiger partial charge in [0.1, 0.15) is 0 Å². The molecule has 6 nitrogen and oxygen atoms in total. The number of aromatic carboxylic acids is 1. The van der Waals surface area contributed by atoms with Crippen molar-refractivity contribution in [3.05, 3.63) is 95.5 Å². The van der Waals surface area contributed by atoms with E-state index in [4.69, 9.17) is 4.74 Å². The molecule has 0 bridgehead atoms. The van der Waals surface area contributed by atoms with Crippen LogP contribution in [0.15, 0.2) is 78.8 Å². The maximum atomic E-state index is 13.1. The first-order valence-electron chi connectivity index (χ1n) is 8.64. The largest absolute Gasteiger partial charge is 0.478 e. The maximum Gasteiger partial charge on any atom is 0.335 e. The van der Waals surface area contributed by atoms with E-state index >= 15 is 0 Å². The third-order valence-corrected chi connectivity index (χ3v) is 4.35. The molecule has 1 aliphatic rings. The number of benzene rings is 2. The quantitative estimate of drug-likeness (QED) is 0.706. The number of aromatic nitrogens is 1. The number of pyridine rings is 1. The van der Waals surface area contributed by atoms with Crippen molar-refractivity contribution in [3.63, 3.8) is 0 Å². The second-order valence-corrected chi connectivity index (χ2v) is 6.26. The molecule has 0 atom stereocenters. The van der Waals surface area contributed by atoms with Crippen LogP contribution in [0.1, 0.15) is 21.5 Å². The van der Waals surface area contributed by atoms with Crippen molar-refractivity contribution in [1.29, 1.82) is 0 Å². The molecule has 0 saturated carbocycles. The number of rotatable bonds is 4. The van der Waals surface area contributed by atoms with Gasteiger partial charge in [0.05, 0.1) is 17.8 Å². The predicted molar refractivity (Wildman–Crippen MR) is 104 cm³/mol. The SMILES string of the molecule is O=C(O)c1cccc(CN2C(=O)/C(=C\c3ccncc3)Oc3ccccc32)c1. The Morgan fingerprint density at radius 2 is 1.86 bits per heavy atom. The zero-order valence-corrected chi connectivity index (χ0v) is 14.8. The average molecular weight is 372 g/mol. The van der Waals surface area contributed by atoms with E-state index < -0.39 is 5.97 Å². The number of anilines is 1. The number of carbonyl (C=O) groups excluding carboxylic acids is 1. The number of ether oxygens (including phenoxy) is 1. The van der Waals surface area contributed by atoms with Gasteiger partial charge in [0.25, 0.3) is 5.91 Å². The number of hydrogen-bond acceptors (Lipinski definition) is 4. The Morgan fingerprint density at radius 1 is 1.07 bits per heavy atom. The lowest BCUT2D eigenvalue weighted by atomic mass is 10.1. The first kappa shape index (κ1) is 17.5. The van der Waals surface area contributed by atoms with Crippen LogP contribution in [-0.2, 0) is 11.3 Å². The van der Waals surface area contributed by atoms with E-state index in [2.05, 4.69) is 4.98 Å². The lowest BCUT2D eigenvalue weighted by Crippen LogP contribution is -2.36. The van der Waals surface area contributed by atoms with Gasteiger partial charge in [-0.1, -0.05) is 24.3 Å². The van der Waals surface area contributed by atoms with Crippen LogP contribution in [0.2, 0.25) is 0 Å². The highest BCUT2D eigenvalue weighted by Gasteiger charge is 2.30. The lowest BCUT2D eigenvalue weighted by Gasteiger charge is -2.30. The van der Waals surface area contributed by atoms with Crippen molar-refractivity contribution in [3.8, 4) is 5.75 Å². The zero-order valence-electron chi connectivity index (χ0n) is 14.8. The van der Waals surface area contributed by atoms with E-state index in [-0.39, 0.29) is 23.8 Å². The molecule has 2 aromatic carbocycles. The van der Waals surface area contributed by atoms with E-state index in [0.29, 0.717) is 17.0 Å². The monoisotopic (exact) mass is 372 g/mol. The van der Waals surface area contributed by atoms with Gasteiger partial charge in [-0.3, -0.25) is 14.7 Å². The Hall–Kier alpha value is -3.93. The van der Waals surface area contributed by atoms with Gasteiger partial charge in [-0.25, -0.2) is 4.79 Å². The topological polar surface area (TPSA) is 79.7 Å². The summed E-state index contributed by atoms with van der Waals surface area (Å²) in [6.07, 6.45) is 4.95. The molecule has 0 spiro atoms. The standard InChI is InChI=1S/C22H16N2O4/c25-21-20(13-15-8-10-23-11-9-15)28-19-7-2-1-6-18(19)24(21)14-16-4-3-5-17(12-16)22(26)27/h1-13H,14H2,(H,26,27)/b20-13+. The van der Waals surface area contributed by atoms with Crippen LogP contribution in [-0.4, -0.2) is 22.0 Å². The summed E-state index contributed by atoms with van der Waals surface area (Å²) in [7, 11) is 0. The van der Waals surface area contributed by atoms with E-state index in [1.165, 1.54) is 6.07 Å². The number of amides is 1. The molecule has 1 aromatic heterocycles. The van der Waals surface area contributed by atoms with Crippen molar-refractivity contribution < 1.29 is 19.4 Å². The summed E-state index contributed by atoms with van der Waals surface area (Å²) in [6.45, 7) is 0.230. The molecule has 0 aliphatic carbocycles. The number of carboxylic acid groups (broad SMARTS) is 1. The zero-order chi connectivity index (χ0) is 19.5. The molecular weight excluding hydrogens is 356 g/mol. The van der Waals surface area contributed by atoms with Crippen LogP contribution in [0.5, 0.6) is 5.75 Å². The molecule has 1 aliphatic heterocycles. The Balaban J connectivity index is 1.72. The Kier molecular flexibility index (Phi) is 4.60. The van der Waals surface area contributed by atoms with Gasteiger partial charge in [0, 0.05) is 12.4 Å². The maximum absolute atomic E-state index is 13.1. The number of para-hydroxylation sites is 2. The van der Waals surface area contributed by atoms with Crippen LogP contribution < -0.4 is 9.64 Å². The normalized spacial score (nSPS) is 14.5. The van der Waals surface area contributed by atoms with Crippen molar-refractivity contribution in [2.24, 2.45) is 0 Å². The first-order chi connectivity index (χ1) is 13.6. The molecule has 1 amide bonds. The third kappa shape index (κ3) is 3.48. The van der Waals surface area contributed by atoms with Gasteiger partial charge in [0.15, 0.2) is 11.5 Å². The van der Waals surface area contributed by atoms with Crippen molar-refractivity contribution in [2.75, 3.05) is 4.90 Å². The number of nitrogens with zero attached hydrogens (tertiary/aromatic N) is 2. The van der Waals surface area contributed by atoms with Gasteiger partial charge in [-0.05, 0) is 53.6 Å². The van der Waals surface area contributed by atoms with Crippen LogP contribution in [0.3, 0.4) is 0 Å². The summed E-state index contributed by atoms with van der Waals surface area (Å²) in [5, 5.41) is 9.22. The van der Waals surface area contributed by atoms with Crippen LogP contribution in [0.4, 0.5) is 5.69 Å². The molecular formula is C22H16N2O4. The molecule has 3 aromatic rings. The minimum atomic E-state index is -1.01. The number of fused-ring (bicyclic) bond motifs is 1. The molecule has 0 saturated heterocycles. The second kappa shape index (κ2) is 7.36. The van der Waals surface area contributed by atoms with Crippen LogP contribution in [0, 0.1) is 0 Å². The summed E-state index contributed by atoms with van der Waals surface area (Å²) in [6, 6.07) is 17.4. The molecule has 0 unspecified atom stereocenters. The highest BCUT2D eigenvalue weighted by atomic mass is 16.5. The fourth-order valence-electron chi connectivity index (χ4n) is 3.02. The smallest absolute Gasteiger partial charge is 0.335 e. The van der Waals surface area contributed by atoms with Gasteiger partial charge >= 0.3 is 5.97 Å². The molecule has 1 N–H and O–H groups in total. The predicted octanol–water partition coefficient (Wildman–Crippen LogP) is 3.75. The summed E-state index contributed by atoms with van der Waals surface area (Å²) in [5.74, 6) is -0.541. The first-order valence-corrected chi connectivity index (χ1v) is 8.64. The highest BCUT2D eigenvalue weighted by molar-refractivity contribution is 6.09. The Labute approximate surface area is 161 Å². The molecule has 2 heterocycles. The van der Waals surface area contributed by atoms with Crippen molar-refractivity contribution in [1.82, 2.24) is 4.98 Å². The molecule has 28 heavy (non-hydrogen) atoms. The van der Waals surface area contributed by atoms with Gasteiger partial charge < -0.3 is 9.84 Å². The molecule has 0 radical (unpaired) electrons. The van der Waals surface area contributed by atoms with Crippen molar-refractivity contribution >= 4 is 23.6 Å². The number of hydrogen-bond donors (Lipinski definition) is 1. The van der Waals surface area contributed by atoms with Crippen LogP contribution in [0.25, 0.3) is 6.08 Å². The number of carboxylic acids is 1. The third-order valence-electron chi connectivity index (χ3n) is 4.35. The molecule has 4 rings (SSSR count). The van der Waals surface area contributed by atoms with Gasteiger partial charge in [-0.2, -0.15) is 0 Å². The fraction of sp³-hybridized carbons (Fsp3) is 0.0455. The van der Waals surface area contributed by atoms with Gasteiger partial charge in [0.2, 0.25) is 0 Å². The summed E-state index contributed by atoms with van der Waals surface area (Å²) >= 11 is 0. The minimum Gasteiger partial charge on any atom is -0.478 e. The highest BCUT2D eigenvalue weighted by Crippen LogP contribution is 2.36. The lowest BCUT2D eigenvalue weighted by molar-refractivity contribution is -0.117. The van der Waals surface area contributed by atoms with E-state index in [9.17, 15) is 14.7 Å². The molecule has 6 heteroatoms.